The van der Waals surface area contributed by atoms with Crippen molar-refractivity contribution in [3.8, 4) is 0 Å². The Bertz CT molecular complexity index is 1190. The lowest BCUT2D eigenvalue weighted by Gasteiger charge is -2.38. The number of hydrogen-bond acceptors (Lipinski definition) is 3. The highest BCUT2D eigenvalue weighted by Gasteiger charge is 2.39. The molecule has 0 bridgehead atoms. The van der Waals surface area contributed by atoms with Crippen molar-refractivity contribution >= 4 is 11.8 Å². The molecule has 0 spiro atoms. The van der Waals surface area contributed by atoms with Crippen molar-refractivity contribution < 1.29 is 9.84 Å². The van der Waals surface area contributed by atoms with Gasteiger partial charge in [0.05, 0.1) is 18.0 Å². The second-order valence-corrected chi connectivity index (χ2v) is 13.1. The average Bonchev–Trinajstić information content (AvgIpc) is 2.89. The topological polar surface area (TPSA) is 29.5 Å². The Balaban J connectivity index is 1.80. The Morgan fingerprint density at radius 3 is 1.45 bits per heavy atom. The predicted octanol–water partition coefficient (Wildman–Crippen LogP) is 8.55. The summed E-state index contributed by atoms with van der Waals surface area (Å²) in [7, 11) is 0. The van der Waals surface area contributed by atoms with E-state index in [2.05, 4.69) is 90.1 Å². The summed E-state index contributed by atoms with van der Waals surface area (Å²) in [6.07, 6.45) is -0.713. The molecule has 4 aromatic carbocycles. The fraction of sp³-hybridized carbons (Fsp3) is 0.314. The molecule has 0 saturated carbocycles. The van der Waals surface area contributed by atoms with Gasteiger partial charge in [-0.3, -0.25) is 0 Å². The van der Waals surface area contributed by atoms with Crippen LogP contribution in [0.15, 0.2) is 103 Å². The first-order chi connectivity index (χ1) is 18.1. The minimum Gasteiger partial charge on any atom is -0.389 e. The van der Waals surface area contributed by atoms with Crippen LogP contribution in [0.1, 0.15) is 65.0 Å². The largest absolute Gasteiger partial charge is 0.389 e. The quantitative estimate of drug-likeness (QED) is 0.222. The van der Waals surface area contributed by atoms with Crippen molar-refractivity contribution in [3.05, 3.63) is 142 Å². The zero-order valence-corrected chi connectivity index (χ0v) is 24.3. The highest BCUT2D eigenvalue weighted by Crippen LogP contribution is 2.45. The van der Waals surface area contributed by atoms with E-state index in [-0.39, 0.29) is 16.6 Å². The number of thioether (sulfide) groups is 1. The minimum absolute atomic E-state index is 0.0369. The summed E-state index contributed by atoms with van der Waals surface area (Å²) >= 11 is 1.81. The lowest BCUT2D eigenvalue weighted by Crippen LogP contribution is -2.37. The van der Waals surface area contributed by atoms with Gasteiger partial charge >= 0.3 is 0 Å². The summed E-state index contributed by atoms with van der Waals surface area (Å²) in [6, 6.07) is 35.5. The Hall–Kier alpha value is -2.85. The fourth-order valence-corrected chi connectivity index (χ4v) is 6.90. The van der Waals surface area contributed by atoms with Gasteiger partial charge in [0, 0.05) is 4.75 Å². The van der Waals surface area contributed by atoms with Crippen molar-refractivity contribution in [2.45, 2.75) is 63.2 Å². The van der Waals surface area contributed by atoms with E-state index in [1.807, 2.05) is 54.6 Å². The maximum absolute atomic E-state index is 11.9. The monoisotopic (exact) mass is 524 g/mol. The van der Waals surface area contributed by atoms with Gasteiger partial charge in [0.2, 0.25) is 0 Å². The molecule has 4 rings (SSSR count). The maximum atomic E-state index is 11.9. The molecule has 2 nitrogen and oxygen atoms in total. The number of rotatable bonds is 9. The van der Waals surface area contributed by atoms with Crippen LogP contribution in [-0.2, 0) is 10.3 Å². The van der Waals surface area contributed by atoms with Crippen molar-refractivity contribution in [1.82, 2.24) is 0 Å². The number of aliphatic hydroxyl groups is 1. The number of ether oxygens (including phenoxy) is 1. The standard InChI is InChI=1S/C35H40O2S/c1-25-22-26(2)32(27(3)23-25)33(38-34(4,5)6)31(36)24-37-35(28-16-10-7-11-17-28,29-18-12-8-13-19-29)30-20-14-9-15-21-30/h7-23,31,33,36H,24H2,1-6H3/t31-,33-/m0/s1. The molecule has 4 aromatic rings. The summed E-state index contributed by atoms with van der Waals surface area (Å²) < 4.78 is 6.97. The van der Waals surface area contributed by atoms with Crippen LogP contribution in [0.25, 0.3) is 0 Å². The third-order valence-corrected chi connectivity index (χ3v) is 8.37. The van der Waals surface area contributed by atoms with E-state index in [0.717, 1.165) is 16.7 Å². The Kier molecular flexibility index (Phi) is 8.82. The molecule has 2 atom stereocenters. The summed E-state index contributed by atoms with van der Waals surface area (Å²) in [5.41, 5.74) is 7.11. The average molecular weight is 525 g/mol. The minimum atomic E-state index is -0.862. The molecule has 0 unspecified atom stereocenters. The molecule has 1 N–H and O–H groups in total. The molecule has 0 fully saturated rings. The van der Waals surface area contributed by atoms with E-state index in [1.165, 1.54) is 22.3 Å². The lowest BCUT2D eigenvalue weighted by atomic mass is 9.80. The highest BCUT2D eigenvalue weighted by atomic mass is 32.2. The third-order valence-electron chi connectivity index (χ3n) is 6.86. The van der Waals surface area contributed by atoms with Gasteiger partial charge < -0.3 is 9.84 Å². The molecule has 0 aliphatic carbocycles. The van der Waals surface area contributed by atoms with Crippen molar-refractivity contribution in [1.29, 1.82) is 0 Å². The molecule has 0 aromatic heterocycles. The molecule has 0 amide bonds. The van der Waals surface area contributed by atoms with Crippen LogP contribution < -0.4 is 0 Å². The molecule has 0 radical (unpaired) electrons. The van der Waals surface area contributed by atoms with Gasteiger partial charge in [-0.1, -0.05) is 129 Å². The van der Waals surface area contributed by atoms with Crippen molar-refractivity contribution in [2.24, 2.45) is 0 Å². The molecular weight excluding hydrogens is 484 g/mol. The number of aryl methyl sites for hydroxylation is 3. The van der Waals surface area contributed by atoms with Gasteiger partial charge in [0.15, 0.2) is 0 Å². The first-order valence-electron chi connectivity index (χ1n) is 13.4. The zero-order valence-electron chi connectivity index (χ0n) is 23.4. The first-order valence-corrected chi connectivity index (χ1v) is 14.2. The molecule has 0 aliphatic rings. The van der Waals surface area contributed by atoms with E-state index < -0.39 is 11.7 Å². The van der Waals surface area contributed by atoms with Gasteiger partial charge in [0.1, 0.15) is 5.60 Å². The van der Waals surface area contributed by atoms with Crippen LogP contribution in [0.5, 0.6) is 0 Å². The maximum Gasteiger partial charge on any atom is 0.143 e. The number of aliphatic hydroxyl groups excluding tert-OH is 1. The summed E-state index contributed by atoms with van der Waals surface area (Å²) in [5, 5.41) is 11.8. The second kappa shape index (κ2) is 11.9. The van der Waals surface area contributed by atoms with Crippen LogP contribution in [0.2, 0.25) is 0 Å². The summed E-state index contributed by atoms with van der Waals surface area (Å²) in [4.78, 5) is 0. The van der Waals surface area contributed by atoms with Crippen LogP contribution in [-0.4, -0.2) is 22.6 Å². The molecule has 38 heavy (non-hydrogen) atoms. The fourth-order valence-electron chi connectivity index (χ4n) is 5.42. The van der Waals surface area contributed by atoms with Gasteiger partial charge in [-0.2, -0.15) is 0 Å². The SMILES string of the molecule is Cc1cc(C)c([C@@H](SC(C)(C)C)[C@@H](O)COC(c2ccccc2)(c2ccccc2)c2ccccc2)c(C)c1. The second-order valence-electron chi connectivity index (χ2n) is 11.1. The van der Waals surface area contributed by atoms with Gasteiger partial charge in [-0.15, -0.1) is 11.8 Å². The molecule has 198 valence electrons. The van der Waals surface area contributed by atoms with Gasteiger partial charge in [0.25, 0.3) is 0 Å². The third kappa shape index (κ3) is 6.23. The molecule has 0 saturated heterocycles. The lowest BCUT2D eigenvalue weighted by molar-refractivity contribution is -0.0385. The molecule has 0 heterocycles. The number of benzene rings is 4. The first kappa shape index (κ1) is 28.2. The molecule has 0 aliphatic heterocycles. The van der Waals surface area contributed by atoms with Crippen molar-refractivity contribution in [3.63, 3.8) is 0 Å². The number of hydrogen-bond donors (Lipinski definition) is 1. The van der Waals surface area contributed by atoms with E-state index in [9.17, 15) is 5.11 Å². The Labute approximate surface area is 233 Å². The smallest absolute Gasteiger partial charge is 0.143 e. The summed E-state index contributed by atoms with van der Waals surface area (Å²) in [6.45, 7) is 13.2. The van der Waals surface area contributed by atoms with E-state index >= 15 is 0 Å². The molecular formula is C35H40O2S. The van der Waals surface area contributed by atoms with E-state index in [4.69, 9.17) is 4.74 Å². The highest BCUT2D eigenvalue weighted by molar-refractivity contribution is 8.00. The van der Waals surface area contributed by atoms with Crippen molar-refractivity contribution in [2.75, 3.05) is 6.61 Å². The van der Waals surface area contributed by atoms with Crippen LogP contribution in [0, 0.1) is 20.8 Å². The zero-order chi connectivity index (χ0) is 27.3. The van der Waals surface area contributed by atoms with Gasteiger partial charge in [-0.05, 0) is 54.2 Å². The normalized spacial score (nSPS) is 13.8. The Morgan fingerprint density at radius 1 is 0.684 bits per heavy atom. The van der Waals surface area contributed by atoms with Crippen LogP contribution >= 0.6 is 11.8 Å². The Morgan fingerprint density at radius 2 is 1.08 bits per heavy atom. The van der Waals surface area contributed by atoms with Gasteiger partial charge in [-0.25, -0.2) is 0 Å². The van der Waals surface area contributed by atoms with Crippen LogP contribution in [0.4, 0.5) is 0 Å². The van der Waals surface area contributed by atoms with Crippen LogP contribution in [0.3, 0.4) is 0 Å². The molecule has 3 heteroatoms. The van der Waals surface area contributed by atoms with E-state index in [1.54, 1.807) is 11.8 Å². The summed E-state index contributed by atoms with van der Waals surface area (Å²) in [5.74, 6) is 0. The van der Waals surface area contributed by atoms with E-state index in [0.29, 0.717) is 0 Å². The predicted molar refractivity (Wildman–Crippen MR) is 162 cm³/mol.